The highest BCUT2D eigenvalue weighted by molar-refractivity contribution is 4.70. The van der Waals surface area contributed by atoms with Gasteiger partial charge in [-0.1, -0.05) is 6.92 Å². The van der Waals surface area contributed by atoms with Gasteiger partial charge in [-0.2, -0.15) is 13.2 Å². The number of likely N-dealkylation sites (N-methyl/N-ethyl adjacent to an activating group) is 1. The zero-order chi connectivity index (χ0) is 11.2. The van der Waals surface area contributed by atoms with E-state index in [1.54, 1.807) is 20.8 Å². The minimum Gasteiger partial charge on any atom is -0.377 e. The van der Waals surface area contributed by atoms with Gasteiger partial charge in [-0.3, -0.25) is 0 Å². The van der Waals surface area contributed by atoms with Crippen molar-refractivity contribution in [2.24, 2.45) is 0 Å². The predicted octanol–water partition coefficient (Wildman–Crippen LogP) is 2.34. The number of alkyl halides is 3. The molecule has 14 heavy (non-hydrogen) atoms. The topological polar surface area (TPSA) is 21.3 Å². The van der Waals surface area contributed by atoms with Crippen LogP contribution in [0.25, 0.3) is 0 Å². The predicted molar refractivity (Wildman–Crippen MR) is 49.2 cm³/mol. The lowest BCUT2D eigenvalue weighted by molar-refractivity contribution is -0.144. The summed E-state index contributed by atoms with van der Waals surface area (Å²) in [6, 6.07) is -0.637. The van der Waals surface area contributed by atoms with Gasteiger partial charge in [-0.25, -0.2) is 0 Å². The van der Waals surface area contributed by atoms with Crippen molar-refractivity contribution in [3.8, 4) is 0 Å². The molecule has 0 saturated carbocycles. The van der Waals surface area contributed by atoms with Crippen LogP contribution in [0.3, 0.4) is 0 Å². The third-order valence-corrected chi connectivity index (χ3v) is 1.60. The van der Waals surface area contributed by atoms with Crippen molar-refractivity contribution in [1.29, 1.82) is 0 Å². The van der Waals surface area contributed by atoms with Crippen molar-refractivity contribution >= 4 is 0 Å². The minimum absolute atomic E-state index is 0.0376. The minimum atomic E-state index is -4.13. The van der Waals surface area contributed by atoms with E-state index in [0.717, 1.165) is 0 Å². The molecule has 5 heteroatoms. The molecule has 0 saturated heterocycles. The first-order valence-corrected chi connectivity index (χ1v) is 4.77. The van der Waals surface area contributed by atoms with Crippen LogP contribution >= 0.6 is 0 Å². The standard InChI is InChI=1S/C9H18F3NO/c1-4-13-8(5-9(10,11)12)6-14-7(2)3/h7-8,13H,4-6H2,1-3H3. The van der Waals surface area contributed by atoms with Crippen LogP contribution in [0.4, 0.5) is 13.2 Å². The van der Waals surface area contributed by atoms with E-state index in [1.165, 1.54) is 0 Å². The Labute approximate surface area is 82.8 Å². The van der Waals surface area contributed by atoms with Gasteiger partial charge in [-0.15, -0.1) is 0 Å². The Morgan fingerprint density at radius 1 is 1.29 bits per heavy atom. The maximum atomic E-state index is 12.1. The molecule has 86 valence electrons. The Morgan fingerprint density at radius 2 is 1.86 bits per heavy atom. The van der Waals surface area contributed by atoms with Gasteiger partial charge >= 0.3 is 6.18 Å². The summed E-state index contributed by atoms with van der Waals surface area (Å²) in [5.74, 6) is 0. The van der Waals surface area contributed by atoms with Gasteiger partial charge in [-0.05, 0) is 20.4 Å². The molecule has 0 aliphatic rings. The number of hydrogen-bond donors (Lipinski definition) is 1. The average Bonchev–Trinajstić information content (AvgIpc) is 1.98. The van der Waals surface area contributed by atoms with Gasteiger partial charge in [0.15, 0.2) is 0 Å². The van der Waals surface area contributed by atoms with Crippen molar-refractivity contribution in [2.45, 2.75) is 45.5 Å². The van der Waals surface area contributed by atoms with Crippen molar-refractivity contribution in [1.82, 2.24) is 5.32 Å². The van der Waals surface area contributed by atoms with E-state index in [0.29, 0.717) is 6.54 Å². The molecule has 0 amide bonds. The van der Waals surface area contributed by atoms with E-state index in [4.69, 9.17) is 4.74 Å². The molecule has 2 nitrogen and oxygen atoms in total. The van der Waals surface area contributed by atoms with E-state index < -0.39 is 18.6 Å². The zero-order valence-electron chi connectivity index (χ0n) is 8.82. The first-order valence-electron chi connectivity index (χ1n) is 4.77. The molecule has 0 radical (unpaired) electrons. The second kappa shape index (κ2) is 6.24. The first-order chi connectivity index (χ1) is 6.35. The number of nitrogens with one attached hydrogen (secondary N) is 1. The van der Waals surface area contributed by atoms with E-state index in [-0.39, 0.29) is 12.7 Å². The Kier molecular flexibility index (Phi) is 6.11. The molecule has 0 rings (SSSR count). The SMILES string of the molecule is CCNC(COC(C)C)CC(F)(F)F. The monoisotopic (exact) mass is 213 g/mol. The van der Waals surface area contributed by atoms with Crippen LogP contribution in [0.15, 0.2) is 0 Å². The lowest BCUT2D eigenvalue weighted by atomic mass is 10.2. The van der Waals surface area contributed by atoms with Crippen LogP contribution in [0.2, 0.25) is 0 Å². The van der Waals surface area contributed by atoms with Crippen LogP contribution < -0.4 is 5.32 Å². The molecule has 0 fully saturated rings. The molecule has 0 aromatic carbocycles. The molecule has 1 N–H and O–H groups in total. The largest absolute Gasteiger partial charge is 0.390 e. The molecule has 1 atom stereocenters. The summed E-state index contributed by atoms with van der Waals surface area (Å²) in [6.45, 7) is 6.00. The van der Waals surface area contributed by atoms with Crippen LogP contribution in [0, 0.1) is 0 Å². The molecule has 0 heterocycles. The maximum absolute atomic E-state index is 12.1. The second-order valence-electron chi connectivity index (χ2n) is 3.46. The molecule has 0 aromatic heterocycles. The van der Waals surface area contributed by atoms with Crippen molar-refractivity contribution in [3.05, 3.63) is 0 Å². The molecule has 0 bridgehead atoms. The normalized spacial score (nSPS) is 14.8. The summed E-state index contributed by atoms with van der Waals surface area (Å²) in [4.78, 5) is 0. The smallest absolute Gasteiger partial charge is 0.377 e. The number of rotatable bonds is 6. The molecule has 0 aliphatic heterocycles. The van der Waals surface area contributed by atoms with Crippen molar-refractivity contribution < 1.29 is 17.9 Å². The van der Waals surface area contributed by atoms with Gasteiger partial charge in [0.1, 0.15) is 0 Å². The van der Waals surface area contributed by atoms with E-state index in [1.807, 2.05) is 0 Å². The highest BCUT2D eigenvalue weighted by Crippen LogP contribution is 2.21. The van der Waals surface area contributed by atoms with Gasteiger partial charge in [0.05, 0.1) is 19.1 Å². The highest BCUT2D eigenvalue weighted by atomic mass is 19.4. The van der Waals surface area contributed by atoms with Gasteiger partial charge in [0.25, 0.3) is 0 Å². The molecular weight excluding hydrogens is 195 g/mol. The Balaban J connectivity index is 3.89. The van der Waals surface area contributed by atoms with E-state index in [9.17, 15) is 13.2 Å². The number of halogens is 3. The summed E-state index contributed by atoms with van der Waals surface area (Å²) < 4.78 is 41.3. The summed E-state index contributed by atoms with van der Waals surface area (Å²) in [6.07, 6.45) is -5.01. The van der Waals surface area contributed by atoms with Gasteiger partial charge in [0.2, 0.25) is 0 Å². The molecule has 0 aromatic rings. The van der Waals surface area contributed by atoms with Crippen molar-refractivity contribution in [2.75, 3.05) is 13.2 Å². The van der Waals surface area contributed by atoms with E-state index in [2.05, 4.69) is 5.32 Å². The van der Waals surface area contributed by atoms with Gasteiger partial charge < -0.3 is 10.1 Å². The maximum Gasteiger partial charge on any atom is 0.390 e. The highest BCUT2D eigenvalue weighted by Gasteiger charge is 2.31. The van der Waals surface area contributed by atoms with Crippen molar-refractivity contribution in [3.63, 3.8) is 0 Å². The molecule has 1 unspecified atom stereocenters. The fourth-order valence-corrected chi connectivity index (χ4v) is 1.07. The first kappa shape index (κ1) is 13.7. The Bertz CT molecular complexity index is 147. The fourth-order valence-electron chi connectivity index (χ4n) is 1.07. The summed E-state index contributed by atoms with van der Waals surface area (Å²) in [5.41, 5.74) is 0. The molecule has 0 aliphatic carbocycles. The van der Waals surface area contributed by atoms with Crippen LogP contribution in [0.5, 0.6) is 0 Å². The van der Waals surface area contributed by atoms with Crippen LogP contribution in [-0.2, 0) is 4.74 Å². The summed E-state index contributed by atoms with van der Waals surface area (Å²) in [5, 5.41) is 2.75. The summed E-state index contributed by atoms with van der Waals surface area (Å²) >= 11 is 0. The number of hydrogen-bond acceptors (Lipinski definition) is 2. The second-order valence-corrected chi connectivity index (χ2v) is 3.46. The van der Waals surface area contributed by atoms with Gasteiger partial charge in [0, 0.05) is 6.04 Å². The summed E-state index contributed by atoms with van der Waals surface area (Å²) in [7, 11) is 0. The lowest BCUT2D eigenvalue weighted by Crippen LogP contribution is -2.38. The quantitative estimate of drug-likeness (QED) is 0.731. The zero-order valence-corrected chi connectivity index (χ0v) is 8.82. The Morgan fingerprint density at radius 3 is 2.21 bits per heavy atom. The average molecular weight is 213 g/mol. The lowest BCUT2D eigenvalue weighted by Gasteiger charge is -2.20. The Hall–Kier alpha value is -0.290. The number of ether oxygens (including phenoxy) is 1. The van der Waals surface area contributed by atoms with Crippen LogP contribution in [0.1, 0.15) is 27.2 Å². The third kappa shape index (κ3) is 8.31. The van der Waals surface area contributed by atoms with Crippen LogP contribution in [-0.4, -0.2) is 31.5 Å². The third-order valence-electron chi connectivity index (χ3n) is 1.60. The van der Waals surface area contributed by atoms with E-state index >= 15 is 0 Å². The molecular formula is C9H18F3NO. The molecule has 0 spiro atoms. The fraction of sp³-hybridized carbons (Fsp3) is 1.00.